The molecule has 1 aromatic carbocycles. The second-order valence-corrected chi connectivity index (χ2v) is 6.63. The molecule has 3 N–H and O–H groups in total. The molecule has 0 bridgehead atoms. The molecule has 0 saturated heterocycles. The molecule has 1 aliphatic carbocycles. The molecule has 1 unspecified atom stereocenters. The summed E-state index contributed by atoms with van der Waals surface area (Å²) in [6.45, 7) is -1.67. The smallest absolute Gasteiger partial charge is 0.313 e. The van der Waals surface area contributed by atoms with Crippen LogP contribution in [0.1, 0.15) is 49.0 Å². The summed E-state index contributed by atoms with van der Waals surface area (Å²) >= 11 is 0. The summed E-state index contributed by atoms with van der Waals surface area (Å²) in [7, 11) is 0. The predicted molar refractivity (Wildman–Crippen MR) is 96.6 cm³/mol. The number of carbonyl (C=O) groups excluding carboxylic acids is 4. The maximum Gasteiger partial charge on any atom is 0.313 e. The molecule has 0 spiro atoms. The van der Waals surface area contributed by atoms with Gasteiger partial charge in [-0.1, -0.05) is 29.4 Å². The van der Waals surface area contributed by atoms with Gasteiger partial charge in [0.15, 0.2) is 17.3 Å². The maximum atomic E-state index is 12.5. The van der Waals surface area contributed by atoms with Gasteiger partial charge < -0.3 is 20.0 Å². The highest BCUT2D eigenvalue weighted by molar-refractivity contribution is 6.28. The zero-order valence-electron chi connectivity index (χ0n) is 15.0. The summed E-state index contributed by atoms with van der Waals surface area (Å²) < 4.78 is 10.1. The van der Waals surface area contributed by atoms with E-state index in [4.69, 9.17) is 20.0 Å². The summed E-state index contributed by atoms with van der Waals surface area (Å²) in [5, 5.41) is 11.7. The Morgan fingerprint density at radius 2 is 1.79 bits per heavy atom. The lowest BCUT2D eigenvalue weighted by molar-refractivity contribution is -0.144. The average Bonchev–Trinajstić information content (AvgIpc) is 3.17. The van der Waals surface area contributed by atoms with Crippen molar-refractivity contribution >= 4 is 23.3 Å². The van der Waals surface area contributed by atoms with Crippen LogP contribution in [0.4, 0.5) is 0 Å². The summed E-state index contributed by atoms with van der Waals surface area (Å²) in [5.74, 6) is -3.39. The first-order valence-corrected chi connectivity index (χ1v) is 8.49. The standard InChI is InChI=1S/C19H16N2O8/c20-19(8-22,7-21-27)9-28-15(24)6-13(23)14-5-12-16(25)10-3-1-2-4-11(10)17(26)18(12)29-14/h1-5,22H,6-9,20H2. The Balaban J connectivity index is 1.72. The van der Waals surface area contributed by atoms with Crippen molar-refractivity contribution in [3.8, 4) is 0 Å². The number of Topliss-reactive ketones (excluding diaryl/α,β-unsaturated/α-hetero) is 1. The van der Waals surface area contributed by atoms with E-state index in [0.29, 0.717) is 0 Å². The van der Waals surface area contributed by atoms with Gasteiger partial charge in [-0.2, -0.15) is 4.91 Å². The number of carbonyl (C=O) groups is 4. The Hall–Kier alpha value is -3.50. The number of nitrogens with zero attached hydrogens (tertiary/aromatic N) is 1. The number of aliphatic hydroxyl groups excluding tert-OH is 1. The minimum atomic E-state index is -1.55. The molecule has 29 heavy (non-hydrogen) atoms. The van der Waals surface area contributed by atoms with E-state index in [1.54, 1.807) is 12.1 Å². The van der Waals surface area contributed by atoms with Crippen LogP contribution in [0.15, 0.2) is 39.9 Å². The summed E-state index contributed by atoms with van der Waals surface area (Å²) in [6.07, 6.45) is -0.752. The molecule has 3 rings (SSSR count). The zero-order chi connectivity index (χ0) is 21.2. The second-order valence-electron chi connectivity index (χ2n) is 6.63. The van der Waals surface area contributed by atoms with Crippen molar-refractivity contribution in [1.29, 1.82) is 0 Å². The number of ether oxygens (including phenoxy) is 1. The first kappa shape index (κ1) is 20.2. The molecular weight excluding hydrogens is 384 g/mol. The zero-order valence-corrected chi connectivity index (χ0v) is 15.0. The van der Waals surface area contributed by atoms with Crippen molar-refractivity contribution in [1.82, 2.24) is 0 Å². The van der Waals surface area contributed by atoms with Gasteiger partial charge in [0.2, 0.25) is 11.6 Å². The van der Waals surface area contributed by atoms with Gasteiger partial charge in [-0.05, 0) is 6.07 Å². The Kier molecular flexibility index (Phi) is 5.48. The molecule has 1 aliphatic rings. The van der Waals surface area contributed by atoms with Crippen LogP contribution < -0.4 is 5.73 Å². The molecule has 0 fully saturated rings. The van der Waals surface area contributed by atoms with Gasteiger partial charge >= 0.3 is 5.97 Å². The third-order valence-electron chi connectivity index (χ3n) is 4.39. The summed E-state index contributed by atoms with van der Waals surface area (Å²) in [6, 6.07) is 7.32. The molecule has 10 heteroatoms. The van der Waals surface area contributed by atoms with Crippen LogP contribution in [-0.4, -0.2) is 53.7 Å². The van der Waals surface area contributed by atoms with E-state index < -0.39 is 55.0 Å². The van der Waals surface area contributed by atoms with E-state index in [1.165, 1.54) is 12.1 Å². The van der Waals surface area contributed by atoms with Gasteiger partial charge in [0.1, 0.15) is 19.6 Å². The van der Waals surface area contributed by atoms with Crippen molar-refractivity contribution in [3.05, 3.63) is 63.4 Å². The van der Waals surface area contributed by atoms with Crippen molar-refractivity contribution in [2.24, 2.45) is 10.9 Å². The number of rotatable bonds is 8. The number of aliphatic hydroxyl groups is 1. The highest BCUT2D eigenvalue weighted by atomic mass is 16.5. The molecule has 0 aliphatic heterocycles. The molecular formula is C19H16N2O8. The molecule has 0 radical (unpaired) electrons. The molecule has 150 valence electrons. The van der Waals surface area contributed by atoms with Gasteiger partial charge in [0, 0.05) is 11.1 Å². The first-order valence-electron chi connectivity index (χ1n) is 8.49. The maximum absolute atomic E-state index is 12.5. The van der Waals surface area contributed by atoms with E-state index in [9.17, 15) is 24.1 Å². The minimum Gasteiger partial charge on any atom is -0.463 e. The van der Waals surface area contributed by atoms with E-state index >= 15 is 0 Å². The van der Waals surface area contributed by atoms with Gasteiger partial charge in [0.05, 0.1) is 17.7 Å². The van der Waals surface area contributed by atoms with E-state index in [1.807, 2.05) is 0 Å². The van der Waals surface area contributed by atoms with E-state index in [2.05, 4.69) is 5.18 Å². The fourth-order valence-corrected chi connectivity index (χ4v) is 2.78. The Bertz CT molecular complexity index is 972. The summed E-state index contributed by atoms with van der Waals surface area (Å²) in [4.78, 5) is 59.5. The highest BCUT2D eigenvalue weighted by Crippen LogP contribution is 2.30. The SMILES string of the molecule is NC(CO)(CN=O)COC(=O)CC(=O)c1cc2c(o1)C(=O)c1ccccc1C2=O. The number of hydrogen-bond acceptors (Lipinski definition) is 10. The fourth-order valence-electron chi connectivity index (χ4n) is 2.78. The highest BCUT2D eigenvalue weighted by Gasteiger charge is 2.35. The Labute approximate surface area is 163 Å². The van der Waals surface area contributed by atoms with E-state index in [-0.39, 0.29) is 28.2 Å². The molecule has 0 amide bonds. The first-order chi connectivity index (χ1) is 13.8. The number of esters is 1. The van der Waals surface area contributed by atoms with Crippen LogP contribution in [0, 0.1) is 4.91 Å². The lowest BCUT2D eigenvalue weighted by atomic mass is 9.88. The van der Waals surface area contributed by atoms with Crippen molar-refractivity contribution in [2.75, 3.05) is 19.8 Å². The number of ketones is 3. The van der Waals surface area contributed by atoms with Crippen LogP contribution in [0.25, 0.3) is 0 Å². The Morgan fingerprint density at radius 3 is 2.41 bits per heavy atom. The molecule has 10 nitrogen and oxygen atoms in total. The van der Waals surface area contributed by atoms with Crippen molar-refractivity contribution in [3.63, 3.8) is 0 Å². The van der Waals surface area contributed by atoms with Crippen LogP contribution in [-0.2, 0) is 9.53 Å². The fraction of sp³-hybridized carbons (Fsp3) is 0.263. The van der Waals surface area contributed by atoms with Crippen LogP contribution >= 0.6 is 0 Å². The lowest BCUT2D eigenvalue weighted by Gasteiger charge is -2.22. The normalized spacial score (nSPS) is 14.6. The number of benzene rings is 1. The van der Waals surface area contributed by atoms with Crippen molar-refractivity contribution < 1.29 is 33.4 Å². The number of furan rings is 1. The molecule has 2 aromatic rings. The van der Waals surface area contributed by atoms with E-state index in [0.717, 1.165) is 6.07 Å². The predicted octanol–water partition coefficient (Wildman–Crippen LogP) is 0.627. The molecule has 0 saturated carbocycles. The van der Waals surface area contributed by atoms with Crippen molar-refractivity contribution in [2.45, 2.75) is 12.0 Å². The topological polar surface area (TPSA) is 166 Å². The minimum absolute atomic E-state index is 0.0521. The van der Waals surface area contributed by atoms with Gasteiger partial charge in [-0.15, -0.1) is 0 Å². The van der Waals surface area contributed by atoms with Crippen LogP contribution in [0.3, 0.4) is 0 Å². The van der Waals surface area contributed by atoms with Gasteiger partial charge in [-0.25, -0.2) is 0 Å². The number of hydrogen-bond donors (Lipinski definition) is 2. The molecule has 1 aromatic heterocycles. The van der Waals surface area contributed by atoms with Gasteiger partial charge in [0.25, 0.3) is 0 Å². The number of fused-ring (bicyclic) bond motifs is 2. The number of nitroso groups, excluding NO2 is 1. The Morgan fingerprint density at radius 1 is 1.14 bits per heavy atom. The van der Waals surface area contributed by atoms with Crippen LogP contribution in [0.2, 0.25) is 0 Å². The molecule has 1 atom stereocenters. The average molecular weight is 400 g/mol. The lowest BCUT2D eigenvalue weighted by Crippen LogP contribution is -2.51. The van der Waals surface area contributed by atoms with Crippen LogP contribution in [0.5, 0.6) is 0 Å². The third kappa shape index (κ3) is 3.89. The summed E-state index contributed by atoms with van der Waals surface area (Å²) in [5.41, 5.74) is 4.41. The largest absolute Gasteiger partial charge is 0.463 e. The molecule has 1 heterocycles. The van der Waals surface area contributed by atoms with Gasteiger partial charge in [-0.3, -0.25) is 19.2 Å². The number of nitrogens with two attached hydrogens (primary N) is 1. The third-order valence-corrected chi connectivity index (χ3v) is 4.39. The second kappa shape index (κ2) is 7.86. The monoisotopic (exact) mass is 400 g/mol. The quantitative estimate of drug-likeness (QED) is 0.238.